The summed E-state index contributed by atoms with van der Waals surface area (Å²) in [6, 6.07) is 7.67. The number of halogens is 1. The molecule has 3 N–H and O–H groups in total. The Kier molecular flexibility index (Phi) is 5.79. The molecule has 2 amide bonds. The summed E-state index contributed by atoms with van der Waals surface area (Å²) in [5.41, 5.74) is 4.68. The lowest BCUT2D eigenvalue weighted by Gasteiger charge is -2.29. The zero-order chi connectivity index (χ0) is 20.3. The number of esters is 1. The molecule has 1 aromatic carbocycles. The highest BCUT2D eigenvalue weighted by atomic mass is 32.1. The van der Waals surface area contributed by atoms with Gasteiger partial charge < -0.3 is 15.8 Å². The van der Waals surface area contributed by atoms with Crippen LogP contribution in [0.2, 0.25) is 0 Å². The fraction of sp³-hybridized carbons (Fsp3) is 0.350. The van der Waals surface area contributed by atoms with E-state index in [0.717, 1.165) is 24.2 Å². The predicted molar refractivity (Wildman–Crippen MR) is 104 cm³/mol. The molecule has 2 aromatic rings. The van der Waals surface area contributed by atoms with Gasteiger partial charge in [0, 0.05) is 5.56 Å². The van der Waals surface area contributed by atoms with Crippen LogP contribution in [0.15, 0.2) is 35.7 Å². The lowest BCUT2D eigenvalue weighted by molar-refractivity contribution is -0.159. The number of hydrogen-bond acceptors (Lipinski definition) is 5. The van der Waals surface area contributed by atoms with Crippen molar-refractivity contribution in [2.45, 2.75) is 44.1 Å². The number of benzene rings is 1. The van der Waals surface area contributed by atoms with Gasteiger partial charge in [-0.25, -0.2) is 4.39 Å². The Morgan fingerprint density at radius 3 is 2.54 bits per heavy atom. The number of thiophene rings is 1. The largest absolute Gasteiger partial charge is 0.452 e. The first-order chi connectivity index (χ1) is 13.3. The second-order valence-electron chi connectivity index (χ2n) is 6.83. The first-order valence-corrected chi connectivity index (χ1v) is 9.87. The maximum Gasteiger partial charge on any atom is 0.317 e. The average molecular weight is 404 g/mol. The molecule has 1 aliphatic carbocycles. The number of nitrogens with one attached hydrogen (secondary N) is 1. The van der Waals surface area contributed by atoms with Crippen molar-refractivity contribution >= 4 is 34.1 Å². The van der Waals surface area contributed by atoms with Crippen molar-refractivity contribution in [3.63, 3.8) is 0 Å². The molecule has 1 atom stereocenters. The standard InChI is InChI=1S/C20H21FN2O4S/c1-12(17(25)23-18-13(16(22)24)8-11-28-18)27-19(26)20(9-4-5-10-20)14-6-2-3-7-15(14)21/h2-3,6-8,11-12H,4-5,9-10H2,1H3,(H2,22,24)(H,23,25)/t12-/m0/s1. The van der Waals surface area contributed by atoms with Crippen LogP contribution < -0.4 is 11.1 Å². The number of anilines is 1. The number of nitrogens with two attached hydrogens (primary N) is 1. The van der Waals surface area contributed by atoms with Crippen LogP contribution in [0.25, 0.3) is 0 Å². The predicted octanol–water partition coefficient (Wildman–Crippen LogP) is 3.37. The van der Waals surface area contributed by atoms with Gasteiger partial charge >= 0.3 is 5.97 Å². The Morgan fingerprint density at radius 1 is 1.21 bits per heavy atom. The van der Waals surface area contributed by atoms with Crippen LogP contribution in [0.5, 0.6) is 0 Å². The smallest absolute Gasteiger partial charge is 0.317 e. The van der Waals surface area contributed by atoms with Crippen LogP contribution in [0.4, 0.5) is 9.39 Å². The van der Waals surface area contributed by atoms with Crippen molar-refractivity contribution in [3.05, 3.63) is 52.7 Å². The van der Waals surface area contributed by atoms with E-state index >= 15 is 0 Å². The Hall–Kier alpha value is -2.74. The van der Waals surface area contributed by atoms with Crippen molar-refractivity contribution in [1.82, 2.24) is 0 Å². The van der Waals surface area contributed by atoms with Gasteiger partial charge in [-0.2, -0.15) is 0 Å². The first kappa shape index (κ1) is 20.0. The van der Waals surface area contributed by atoms with Crippen molar-refractivity contribution in [2.24, 2.45) is 5.73 Å². The Morgan fingerprint density at radius 2 is 1.89 bits per heavy atom. The molecule has 0 bridgehead atoms. The van der Waals surface area contributed by atoms with Gasteiger partial charge in [0.25, 0.3) is 11.8 Å². The zero-order valence-corrected chi connectivity index (χ0v) is 16.2. The number of hydrogen-bond donors (Lipinski definition) is 2. The molecule has 28 heavy (non-hydrogen) atoms. The van der Waals surface area contributed by atoms with Gasteiger partial charge in [-0.1, -0.05) is 31.0 Å². The minimum atomic E-state index is -1.11. The van der Waals surface area contributed by atoms with Crippen LogP contribution in [0.3, 0.4) is 0 Å². The second kappa shape index (κ2) is 8.10. The van der Waals surface area contributed by atoms with Gasteiger partial charge in [-0.3, -0.25) is 14.4 Å². The number of ether oxygens (including phenoxy) is 1. The Labute approximate surface area is 165 Å². The van der Waals surface area contributed by atoms with E-state index < -0.39 is 35.1 Å². The molecule has 1 heterocycles. The first-order valence-electron chi connectivity index (χ1n) is 8.99. The third-order valence-electron chi connectivity index (χ3n) is 5.06. The van der Waals surface area contributed by atoms with Crippen LogP contribution in [-0.2, 0) is 19.7 Å². The molecule has 0 radical (unpaired) electrons. The van der Waals surface area contributed by atoms with Gasteiger partial charge in [-0.15, -0.1) is 11.3 Å². The summed E-state index contributed by atoms with van der Waals surface area (Å²) in [5, 5.41) is 4.48. The summed E-state index contributed by atoms with van der Waals surface area (Å²) in [6.45, 7) is 1.44. The normalized spacial score (nSPS) is 16.4. The highest BCUT2D eigenvalue weighted by molar-refractivity contribution is 7.14. The van der Waals surface area contributed by atoms with E-state index in [1.54, 1.807) is 23.6 Å². The lowest BCUT2D eigenvalue weighted by Crippen LogP contribution is -2.40. The van der Waals surface area contributed by atoms with Gasteiger partial charge in [0.1, 0.15) is 10.8 Å². The molecule has 3 rings (SSSR count). The maximum absolute atomic E-state index is 14.4. The topological polar surface area (TPSA) is 98.5 Å². The third kappa shape index (κ3) is 3.77. The number of carbonyl (C=O) groups excluding carboxylic acids is 3. The van der Waals surface area contributed by atoms with E-state index in [1.807, 2.05) is 0 Å². The maximum atomic E-state index is 14.4. The van der Waals surface area contributed by atoms with Crippen molar-refractivity contribution < 1.29 is 23.5 Å². The summed E-state index contributed by atoms with van der Waals surface area (Å²) < 4.78 is 19.8. The molecular formula is C20H21FN2O4S. The Balaban J connectivity index is 1.75. The van der Waals surface area contributed by atoms with E-state index in [-0.39, 0.29) is 5.56 Å². The molecule has 1 aliphatic rings. The third-order valence-corrected chi connectivity index (χ3v) is 5.89. The number of carbonyl (C=O) groups is 3. The molecule has 6 nitrogen and oxygen atoms in total. The van der Waals surface area contributed by atoms with E-state index in [2.05, 4.69) is 5.32 Å². The SMILES string of the molecule is C[C@H](OC(=O)C1(c2ccccc2F)CCCC1)C(=O)Nc1sccc1C(N)=O. The molecule has 8 heteroatoms. The minimum absolute atomic E-state index is 0.190. The Bertz CT molecular complexity index is 905. The van der Waals surface area contributed by atoms with Crippen LogP contribution in [0, 0.1) is 5.82 Å². The van der Waals surface area contributed by atoms with Crippen molar-refractivity contribution in [2.75, 3.05) is 5.32 Å². The zero-order valence-electron chi connectivity index (χ0n) is 15.4. The van der Waals surface area contributed by atoms with Gasteiger partial charge in [-0.05, 0) is 37.3 Å². The molecule has 0 spiro atoms. The van der Waals surface area contributed by atoms with E-state index in [1.165, 1.54) is 19.1 Å². The molecule has 1 fully saturated rings. The van der Waals surface area contributed by atoms with E-state index in [4.69, 9.17) is 10.5 Å². The molecule has 148 valence electrons. The quantitative estimate of drug-likeness (QED) is 0.721. The fourth-order valence-electron chi connectivity index (χ4n) is 3.55. The van der Waals surface area contributed by atoms with Gasteiger partial charge in [0.05, 0.1) is 11.0 Å². The van der Waals surface area contributed by atoms with E-state index in [0.29, 0.717) is 23.4 Å². The highest BCUT2D eigenvalue weighted by Gasteiger charge is 2.46. The van der Waals surface area contributed by atoms with Gasteiger partial charge in [0.15, 0.2) is 6.10 Å². The number of rotatable bonds is 6. The molecule has 1 aromatic heterocycles. The molecule has 1 saturated carbocycles. The van der Waals surface area contributed by atoms with Crippen LogP contribution in [-0.4, -0.2) is 23.9 Å². The molecule has 0 unspecified atom stereocenters. The fourth-order valence-corrected chi connectivity index (χ4v) is 4.35. The van der Waals surface area contributed by atoms with Crippen molar-refractivity contribution in [3.8, 4) is 0 Å². The minimum Gasteiger partial charge on any atom is -0.452 e. The summed E-state index contributed by atoms with van der Waals surface area (Å²) in [5.74, 6) is -2.31. The lowest BCUT2D eigenvalue weighted by atomic mass is 9.78. The second-order valence-corrected chi connectivity index (χ2v) is 7.75. The van der Waals surface area contributed by atoms with Crippen LogP contribution in [0.1, 0.15) is 48.5 Å². The molecule has 0 saturated heterocycles. The highest BCUT2D eigenvalue weighted by Crippen LogP contribution is 2.43. The van der Waals surface area contributed by atoms with Crippen molar-refractivity contribution in [1.29, 1.82) is 0 Å². The monoisotopic (exact) mass is 404 g/mol. The number of amides is 2. The molecule has 0 aliphatic heterocycles. The number of primary amides is 1. The van der Waals surface area contributed by atoms with Gasteiger partial charge in [0.2, 0.25) is 0 Å². The summed E-state index contributed by atoms with van der Waals surface area (Å²) >= 11 is 1.14. The summed E-state index contributed by atoms with van der Waals surface area (Å²) in [6.07, 6.45) is 1.39. The summed E-state index contributed by atoms with van der Waals surface area (Å²) in [7, 11) is 0. The van der Waals surface area contributed by atoms with Crippen LogP contribution >= 0.6 is 11.3 Å². The average Bonchev–Trinajstić information content (AvgIpc) is 3.32. The summed E-state index contributed by atoms with van der Waals surface area (Å²) in [4.78, 5) is 36.8. The van der Waals surface area contributed by atoms with E-state index in [9.17, 15) is 18.8 Å². The molecular weight excluding hydrogens is 383 g/mol.